The minimum absolute atomic E-state index is 0.0454. The van der Waals surface area contributed by atoms with Gasteiger partial charge in [-0.3, -0.25) is 9.78 Å². The van der Waals surface area contributed by atoms with E-state index in [1.54, 1.807) is 6.20 Å². The van der Waals surface area contributed by atoms with Crippen molar-refractivity contribution in [1.29, 1.82) is 0 Å². The molecule has 4 nitrogen and oxygen atoms in total. The van der Waals surface area contributed by atoms with Crippen molar-refractivity contribution in [2.24, 2.45) is 5.92 Å². The Hall–Kier alpha value is -1.94. The van der Waals surface area contributed by atoms with Gasteiger partial charge in [0.1, 0.15) is 5.69 Å². The third-order valence-electron chi connectivity index (χ3n) is 4.79. The average Bonchev–Trinajstić information content (AvgIpc) is 3.09. The first-order valence-electron chi connectivity index (χ1n) is 7.60. The van der Waals surface area contributed by atoms with Gasteiger partial charge in [-0.2, -0.15) is 0 Å². The lowest BCUT2D eigenvalue weighted by molar-refractivity contribution is 0.0920. The van der Waals surface area contributed by atoms with E-state index in [-0.39, 0.29) is 5.91 Å². The molecule has 108 valence electrons. The zero-order valence-electron chi connectivity index (χ0n) is 12.1. The number of pyridine rings is 1. The number of carbonyl (C=O) groups excluding carboxylic acids is 1. The molecule has 1 aliphatic carbocycles. The van der Waals surface area contributed by atoms with E-state index in [0.29, 0.717) is 23.7 Å². The van der Waals surface area contributed by atoms with Crippen LogP contribution in [-0.4, -0.2) is 29.5 Å². The van der Waals surface area contributed by atoms with Crippen LogP contribution in [0, 0.1) is 12.8 Å². The molecule has 0 spiro atoms. The molecule has 2 aromatic rings. The number of hydrogen-bond acceptors (Lipinski definition) is 3. The van der Waals surface area contributed by atoms with E-state index in [9.17, 15) is 4.79 Å². The van der Waals surface area contributed by atoms with E-state index in [4.69, 9.17) is 0 Å². The van der Waals surface area contributed by atoms with Gasteiger partial charge in [-0.25, -0.2) is 0 Å². The minimum Gasteiger partial charge on any atom is -0.348 e. The highest BCUT2D eigenvalue weighted by Crippen LogP contribution is 2.31. The molecule has 2 N–H and O–H groups in total. The third kappa shape index (κ3) is 2.29. The molecule has 1 aromatic carbocycles. The van der Waals surface area contributed by atoms with Gasteiger partial charge < -0.3 is 10.6 Å². The Morgan fingerprint density at radius 3 is 2.95 bits per heavy atom. The molecular formula is C17H19N3O. The van der Waals surface area contributed by atoms with Crippen molar-refractivity contribution in [3.63, 3.8) is 0 Å². The van der Waals surface area contributed by atoms with Gasteiger partial charge in [-0.05, 0) is 37.1 Å². The van der Waals surface area contributed by atoms with Crippen molar-refractivity contribution in [1.82, 2.24) is 15.6 Å². The summed E-state index contributed by atoms with van der Waals surface area (Å²) in [5.41, 5.74) is 1.71. The van der Waals surface area contributed by atoms with Crippen LogP contribution in [0.3, 0.4) is 0 Å². The molecule has 4 heteroatoms. The molecule has 1 amide bonds. The Morgan fingerprint density at radius 1 is 1.29 bits per heavy atom. The van der Waals surface area contributed by atoms with Crippen LogP contribution >= 0.6 is 0 Å². The monoisotopic (exact) mass is 281 g/mol. The molecule has 21 heavy (non-hydrogen) atoms. The van der Waals surface area contributed by atoms with Crippen LogP contribution in [0.25, 0.3) is 10.8 Å². The first-order valence-corrected chi connectivity index (χ1v) is 7.60. The smallest absolute Gasteiger partial charge is 0.270 e. The summed E-state index contributed by atoms with van der Waals surface area (Å²) in [7, 11) is 0. The molecule has 1 aromatic heterocycles. The Kier molecular flexibility index (Phi) is 2.93. The number of hydrogen-bond donors (Lipinski definition) is 2. The van der Waals surface area contributed by atoms with Crippen molar-refractivity contribution in [2.75, 3.05) is 6.54 Å². The number of aromatic nitrogens is 1. The van der Waals surface area contributed by atoms with Gasteiger partial charge in [0.15, 0.2) is 0 Å². The molecule has 2 heterocycles. The van der Waals surface area contributed by atoms with Crippen LogP contribution in [0.4, 0.5) is 0 Å². The fourth-order valence-electron chi connectivity index (χ4n) is 3.64. The van der Waals surface area contributed by atoms with Crippen LogP contribution < -0.4 is 10.6 Å². The molecule has 1 saturated heterocycles. The van der Waals surface area contributed by atoms with Gasteiger partial charge in [-0.1, -0.05) is 23.8 Å². The summed E-state index contributed by atoms with van der Waals surface area (Å²) >= 11 is 0. The van der Waals surface area contributed by atoms with E-state index in [1.807, 2.05) is 12.1 Å². The topological polar surface area (TPSA) is 54.0 Å². The molecule has 3 unspecified atom stereocenters. The highest BCUT2D eigenvalue weighted by molar-refractivity contribution is 5.96. The van der Waals surface area contributed by atoms with Gasteiger partial charge in [0, 0.05) is 30.2 Å². The summed E-state index contributed by atoms with van der Waals surface area (Å²) in [5.74, 6) is 0.539. The second kappa shape index (κ2) is 4.81. The molecule has 0 radical (unpaired) electrons. The van der Waals surface area contributed by atoms with E-state index in [0.717, 1.165) is 23.7 Å². The van der Waals surface area contributed by atoms with E-state index < -0.39 is 0 Å². The summed E-state index contributed by atoms with van der Waals surface area (Å²) in [4.78, 5) is 16.7. The molecule has 1 saturated carbocycles. The standard InChI is InChI=1S/C17H19N3O/c1-10-2-3-11-8-19-16(6-12(11)4-10)17(21)20-15-7-14-5-13(15)9-18-14/h2-4,6,8,13-15,18H,5,7,9H2,1H3,(H,20,21). The molecule has 2 aliphatic rings. The number of amides is 1. The number of nitrogens with zero attached hydrogens (tertiary/aromatic N) is 1. The van der Waals surface area contributed by atoms with E-state index in [2.05, 4.69) is 34.7 Å². The summed E-state index contributed by atoms with van der Waals surface area (Å²) < 4.78 is 0. The first-order chi connectivity index (χ1) is 10.2. The summed E-state index contributed by atoms with van der Waals surface area (Å²) in [6, 6.07) is 8.98. The normalized spacial score (nSPS) is 27.2. The van der Waals surface area contributed by atoms with Crippen molar-refractivity contribution < 1.29 is 4.79 Å². The number of fused-ring (bicyclic) bond motifs is 3. The SMILES string of the molecule is Cc1ccc2cnc(C(=O)NC3CC4CC3CN4)cc2c1. The van der Waals surface area contributed by atoms with Gasteiger partial charge in [0.05, 0.1) is 0 Å². The number of nitrogens with one attached hydrogen (secondary N) is 2. The lowest BCUT2D eigenvalue weighted by atomic mass is 10.0. The Bertz CT molecular complexity index is 712. The van der Waals surface area contributed by atoms with Gasteiger partial charge >= 0.3 is 0 Å². The summed E-state index contributed by atoms with van der Waals surface area (Å²) in [6.07, 6.45) is 4.02. The Labute approximate surface area is 124 Å². The number of piperidine rings is 1. The highest BCUT2D eigenvalue weighted by atomic mass is 16.1. The Morgan fingerprint density at radius 2 is 2.19 bits per heavy atom. The third-order valence-corrected chi connectivity index (χ3v) is 4.79. The number of aryl methyl sites for hydroxylation is 1. The quantitative estimate of drug-likeness (QED) is 0.885. The second-order valence-corrected chi connectivity index (χ2v) is 6.34. The molecule has 3 atom stereocenters. The zero-order chi connectivity index (χ0) is 14.4. The maximum atomic E-state index is 12.4. The average molecular weight is 281 g/mol. The van der Waals surface area contributed by atoms with Crippen molar-refractivity contribution in [2.45, 2.75) is 31.8 Å². The van der Waals surface area contributed by atoms with Crippen LogP contribution in [-0.2, 0) is 0 Å². The molecular weight excluding hydrogens is 262 g/mol. The number of rotatable bonds is 2. The zero-order valence-corrected chi connectivity index (χ0v) is 12.1. The van der Waals surface area contributed by atoms with Crippen LogP contribution in [0.5, 0.6) is 0 Å². The van der Waals surface area contributed by atoms with E-state index >= 15 is 0 Å². The van der Waals surface area contributed by atoms with Crippen LogP contribution in [0.1, 0.15) is 28.9 Å². The lowest BCUT2D eigenvalue weighted by Crippen LogP contribution is -2.44. The summed E-state index contributed by atoms with van der Waals surface area (Å²) in [5, 5.41) is 8.77. The number of carbonyl (C=O) groups is 1. The minimum atomic E-state index is -0.0454. The molecule has 2 bridgehead atoms. The van der Waals surface area contributed by atoms with Gasteiger partial charge in [-0.15, -0.1) is 0 Å². The van der Waals surface area contributed by atoms with Crippen LogP contribution in [0.2, 0.25) is 0 Å². The predicted octanol–water partition coefficient (Wildman–Crippen LogP) is 2.02. The number of benzene rings is 1. The van der Waals surface area contributed by atoms with Crippen LogP contribution in [0.15, 0.2) is 30.5 Å². The maximum Gasteiger partial charge on any atom is 0.270 e. The van der Waals surface area contributed by atoms with Crippen molar-refractivity contribution in [3.05, 3.63) is 41.7 Å². The first kappa shape index (κ1) is 12.8. The van der Waals surface area contributed by atoms with Gasteiger partial charge in [0.25, 0.3) is 5.91 Å². The summed E-state index contributed by atoms with van der Waals surface area (Å²) in [6.45, 7) is 3.09. The largest absolute Gasteiger partial charge is 0.348 e. The maximum absolute atomic E-state index is 12.4. The van der Waals surface area contributed by atoms with E-state index in [1.165, 1.54) is 12.0 Å². The predicted molar refractivity (Wildman–Crippen MR) is 82.2 cm³/mol. The molecule has 4 rings (SSSR count). The fraction of sp³-hybridized carbons (Fsp3) is 0.412. The van der Waals surface area contributed by atoms with Crippen molar-refractivity contribution >= 4 is 16.7 Å². The molecule has 2 fully saturated rings. The highest BCUT2D eigenvalue weighted by Gasteiger charge is 2.40. The second-order valence-electron chi connectivity index (χ2n) is 6.34. The van der Waals surface area contributed by atoms with Crippen molar-refractivity contribution in [3.8, 4) is 0 Å². The Balaban J connectivity index is 1.56. The van der Waals surface area contributed by atoms with Gasteiger partial charge in [0.2, 0.25) is 0 Å². The fourth-order valence-corrected chi connectivity index (χ4v) is 3.64. The lowest BCUT2D eigenvalue weighted by Gasteiger charge is -2.23. The molecule has 1 aliphatic heterocycles.